The number of nitrogens with zero attached hydrogens (tertiary/aromatic N) is 1. The molecule has 1 rings (SSSR count). The second-order valence-corrected chi connectivity index (χ2v) is 7.02. The number of thioether (sulfide) groups is 2. The molecule has 1 aliphatic rings. The van der Waals surface area contributed by atoms with Crippen LogP contribution in [0.5, 0.6) is 0 Å². The Labute approximate surface area is 114 Å². The van der Waals surface area contributed by atoms with Crippen LogP contribution in [0.2, 0.25) is 0 Å². The monoisotopic (exact) mass is 272 g/mol. The predicted octanol–water partition coefficient (Wildman–Crippen LogP) is 3.29. The zero-order valence-corrected chi connectivity index (χ0v) is 12.4. The molecule has 1 aliphatic carbocycles. The van der Waals surface area contributed by atoms with Gasteiger partial charge in [-0.3, -0.25) is 0 Å². The highest BCUT2D eigenvalue weighted by Gasteiger charge is 2.23. The third-order valence-corrected chi connectivity index (χ3v) is 5.36. The second kappa shape index (κ2) is 10.1. The van der Waals surface area contributed by atoms with Gasteiger partial charge in [0.05, 0.1) is 11.8 Å². The molecule has 0 radical (unpaired) electrons. The minimum absolute atomic E-state index is 0.637. The molecule has 1 saturated carbocycles. The Morgan fingerprint density at radius 1 is 1.35 bits per heavy atom. The molecule has 2 nitrogen and oxygen atoms in total. The van der Waals surface area contributed by atoms with Crippen LogP contribution in [0.3, 0.4) is 0 Å². The van der Waals surface area contributed by atoms with Crippen molar-refractivity contribution in [3.05, 3.63) is 0 Å². The Kier molecular flexibility index (Phi) is 9.04. The van der Waals surface area contributed by atoms with Crippen molar-refractivity contribution in [2.45, 2.75) is 50.3 Å². The van der Waals surface area contributed by atoms with Crippen molar-refractivity contribution in [1.29, 1.82) is 5.26 Å². The number of rotatable bonds is 8. The standard InChI is InChI=1S/C13H24N2S2/c1-2-17-13-7-4-3-6-12(13)15-9-5-10-16-11-8-14/h12-13,15H,2-7,9-11H2,1H3/t12-,13-/m1/s1. The Hall–Kier alpha value is 0.150. The normalized spacial score (nSPS) is 24.5. The van der Waals surface area contributed by atoms with Gasteiger partial charge in [0.1, 0.15) is 0 Å². The lowest BCUT2D eigenvalue weighted by Crippen LogP contribution is -2.41. The van der Waals surface area contributed by atoms with Crippen LogP contribution in [0.4, 0.5) is 0 Å². The highest BCUT2D eigenvalue weighted by molar-refractivity contribution is 8.00. The van der Waals surface area contributed by atoms with Gasteiger partial charge in [0.15, 0.2) is 0 Å². The van der Waals surface area contributed by atoms with E-state index < -0.39 is 0 Å². The third kappa shape index (κ3) is 6.59. The largest absolute Gasteiger partial charge is 0.313 e. The molecule has 1 fully saturated rings. The summed E-state index contributed by atoms with van der Waals surface area (Å²) in [6.45, 7) is 3.37. The van der Waals surface area contributed by atoms with Gasteiger partial charge in [0.25, 0.3) is 0 Å². The summed E-state index contributed by atoms with van der Waals surface area (Å²) >= 11 is 3.87. The molecule has 0 aliphatic heterocycles. The van der Waals surface area contributed by atoms with Gasteiger partial charge in [-0.1, -0.05) is 19.8 Å². The molecule has 0 bridgehead atoms. The highest BCUT2D eigenvalue weighted by atomic mass is 32.2. The SMILES string of the molecule is CCS[C@@H]1CCCC[C@H]1NCCCSCC#N. The summed E-state index contributed by atoms with van der Waals surface area (Å²) < 4.78 is 0. The Balaban J connectivity index is 2.09. The fourth-order valence-electron chi connectivity index (χ4n) is 2.32. The average Bonchev–Trinajstić information content (AvgIpc) is 2.36. The summed E-state index contributed by atoms with van der Waals surface area (Å²) in [5.41, 5.74) is 0. The molecule has 0 amide bonds. The van der Waals surface area contributed by atoms with E-state index in [0.717, 1.165) is 23.6 Å². The van der Waals surface area contributed by atoms with Crippen molar-refractivity contribution in [3.8, 4) is 6.07 Å². The van der Waals surface area contributed by atoms with Crippen molar-refractivity contribution < 1.29 is 0 Å². The maximum absolute atomic E-state index is 8.43. The van der Waals surface area contributed by atoms with Crippen molar-refractivity contribution in [3.63, 3.8) is 0 Å². The van der Waals surface area contributed by atoms with E-state index in [1.54, 1.807) is 11.8 Å². The van der Waals surface area contributed by atoms with E-state index >= 15 is 0 Å². The molecular weight excluding hydrogens is 248 g/mol. The second-order valence-electron chi connectivity index (χ2n) is 4.40. The van der Waals surface area contributed by atoms with E-state index in [0.29, 0.717) is 5.75 Å². The zero-order valence-electron chi connectivity index (χ0n) is 10.8. The molecule has 17 heavy (non-hydrogen) atoms. The number of hydrogen-bond donors (Lipinski definition) is 1. The molecule has 4 heteroatoms. The maximum atomic E-state index is 8.43. The van der Waals surface area contributed by atoms with Gasteiger partial charge in [0.2, 0.25) is 0 Å². The predicted molar refractivity (Wildman–Crippen MR) is 79.7 cm³/mol. The van der Waals surface area contributed by atoms with Crippen LogP contribution in [0.25, 0.3) is 0 Å². The summed E-state index contributed by atoms with van der Waals surface area (Å²) in [5.74, 6) is 2.98. The van der Waals surface area contributed by atoms with E-state index in [9.17, 15) is 0 Å². The van der Waals surface area contributed by atoms with Gasteiger partial charge >= 0.3 is 0 Å². The lowest BCUT2D eigenvalue weighted by molar-refractivity contribution is 0.385. The van der Waals surface area contributed by atoms with Gasteiger partial charge in [-0.2, -0.15) is 17.0 Å². The van der Waals surface area contributed by atoms with Gasteiger partial charge in [-0.25, -0.2) is 0 Å². The average molecular weight is 272 g/mol. The fourth-order valence-corrected chi connectivity index (χ4v) is 4.13. The molecular formula is C13H24N2S2. The van der Waals surface area contributed by atoms with Crippen LogP contribution in [0, 0.1) is 11.3 Å². The molecule has 0 saturated heterocycles. The van der Waals surface area contributed by atoms with Gasteiger partial charge in [0, 0.05) is 11.3 Å². The number of nitrogens with one attached hydrogen (secondary N) is 1. The van der Waals surface area contributed by atoms with Crippen LogP contribution < -0.4 is 5.32 Å². The van der Waals surface area contributed by atoms with Crippen molar-refractivity contribution in [2.24, 2.45) is 0 Å². The van der Waals surface area contributed by atoms with Crippen LogP contribution in [0.1, 0.15) is 39.0 Å². The van der Waals surface area contributed by atoms with Crippen LogP contribution >= 0.6 is 23.5 Å². The summed E-state index contributed by atoms with van der Waals surface area (Å²) in [6.07, 6.45) is 6.73. The van der Waals surface area contributed by atoms with E-state index in [1.807, 2.05) is 0 Å². The number of hydrogen-bond acceptors (Lipinski definition) is 4. The summed E-state index contributed by atoms with van der Waals surface area (Å²) in [7, 11) is 0. The molecule has 0 heterocycles. The zero-order chi connectivity index (χ0) is 12.3. The first-order valence-corrected chi connectivity index (χ1v) is 8.88. The van der Waals surface area contributed by atoms with Crippen LogP contribution in [-0.4, -0.2) is 35.1 Å². The van der Waals surface area contributed by atoms with Crippen molar-refractivity contribution in [1.82, 2.24) is 5.32 Å². The summed E-state index contributed by atoms with van der Waals surface area (Å²) in [6, 6.07) is 2.90. The summed E-state index contributed by atoms with van der Waals surface area (Å²) in [5, 5.41) is 13.0. The Morgan fingerprint density at radius 3 is 2.94 bits per heavy atom. The number of nitriles is 1. The lowest BCUT2D eigenvalue weighted by atomic mass is 9.95. The van der Waals surface area contributed by atoms with Gasteiger partial charge in [-0.05, 0) is 37.3 Å². The van der Waals surface area contributed by atoms with E-state index in [1.165, 1.54) is 37.9 Å². The molecule has 0 spiro atoms. The first-order chi connectivity index (χ1) is 8.38. The molecule has 0 aromatic carbocycles. The smallest absolute Gasteiger partial charge is 0.0808 e. The van der Waals surface area contributed by atoms with E-state index in [-0.39, 0.29) is 0 Å². The molecule has 1 N–H and O–H groups in total. The van der Waals surface area contributed by atoms with Crippen LogP contribution in [-0.2, 0) is 0 Å². The van der Waals surface area contributed by atoms with Gasteiger partial charge in [-0.15, -0.1) is 11.8 Å². The third-order valence-electron chi connectivity index (χ3n) is 3.12. The topological polar surface area (TPSA) is 35.8 Å². The van der Waals surface area contributed by atoms with Crippen LogP contribution in [0.15, 0.2) is 0 Å². The van der Waals surface area contributed by atoms with Gasteiger partial charge < -0.3 is 5.32 Å². The Bertz CT molecular complexity index is 226. The van der Waals surface area contributed by atoms with E-state index in [2.05, 4.69) is 30.1 Å². The molecule has 0 aromatic heterocycles. The summed E-state index contributed by atoms with van der Waals surface area (Å²) in [4.78, 5) is 0. The molecule has 0 unspecified atom stereocenters. The minimum atomic E-state index is 0.637. The molecule has 2 atom stereocenters. The van der Waals surface area contributed by atoms with Crippen molar-refractivity contribution in [2.75, 3.05) is 23.8 Å². The fraction of sp³-hybridized carbons (Fsp3) is 0.923. The quantitative estimate of drug-likeness (QED) is 0.688. The van der Waals surface area contributed by atoms with E-state index in [4.69, 9.17) is 5.26 Å². The lowest BCUT2D eigenvalue weighted by Gasteiger charge is -2.31. The highest BCUT2D eigenvalue weighted by Crippen LogP contribution is 2.28. The first-order valence-electron chi connectivity index (χ1n) is 6.68. The molecule has 0 aromatic rings. The first kappa shape index (κ1) is 15.2. The molecule has 98 valence electrons. The minimum Gasteiger partial charge on any atom is -0.313 e. The maximum Gasteiger partial charge on any atom is 0.0808 e. The van der Waals surface area contributed by atoms with Crippen molar-refractivity contribution >= 4 is 23.5 Å². The Morgan fingerprint density at radius 2 is 2.18 bits per heavy atom.